The van der Waals surface area contributed by atoms with Crippen molar-refractivity contribution in [3.8, 4) is 0 Å². The van der Waals surface area contributed by atoms with Crippen LogP contribution in [0, 0.1) is 0 Å². The van der Waals surface area contributed by atoms with Crippen molar-refractivity contribution in [1.82, 2.24) is 14.9 Å². The van der Waals surface area contributed by atoms with Gasteiger partial charge in [0.2, 0.25) is 0 Å². The van der Waals surface area contributed by atoms with Gasteiger partial charge in [-0.15, -0.1) is 0 Å². The van der Waals surface area contributed by atoms with Crippen molar-refractivity contribution in [1.29, 1.82) is 0 Å². The summed E-state index contributed by atoms with van der Waals surface area (Å²) < 4.78 is 0. The van der Waals surface area contributed by atoms with E-state index in [2.05, 4.69) is 36.1 Å². The molecule has 1 aliphatic rings. The molecule has 1 fully saturated rings. The van der Waals surface area contributed by atoms with Gasteiger partial charge in [-0.1, -0.05) is 6.92 Å². The van der Waals surface area contributed by atoms with Gasteiger partial charge >= 0.3 is 0 Å². The molecule has 1 aromatic rings. The third kappa shape index (κ3) is 3.26. The average Bonchev–Trinajstić information content (AvgIpc) is 2.45. The molecule has 20 heavy (non-hydrogen) atoms. The van der Waals surface area contributed by atoms with Gasteiger partial charge in [-0.25, -0.2) is 4.98 Å². The van der Waals surface area contributed by atoms with Crippen LogP contribution in [0.25, 0.3) is 0 Å². The highest BCUT2D eigenvalue weighted by Gasteiger charge is 2.30. The molecule has 1 amide bonds. The molecule has 0 unspecified atom stereocenters. The fourth-order valence-electron chi connectivity index (χ4n) is 2.76. The minimum atomic E-state index is -0.00246. The van der Waals surface area contributed by atoms with Crippen molar-refractivity contribution in [3.05, 3.63) is 18.1 Å². The van der Waals surface area contributed by atoms with Crippen LogP contribution in [-0.4, -0.2) is 39.4 Å². The van der Waals surface area contributed by atoms with Crippen LogP contribution in [0.4, 0.5) is 5.82 Å². The third-order valence-electron chi connectivity index (χ3n) is 3.84. The van der Waals surface area contributed by atoms with E-state index in [4.69, 9.17) is 0 Å². The zero-order valence-electron chi connectivity index (χ0n) is 12.6. The summed E-state index contributed by atoms with van der Waals surface area (Å²) in [7, 11) is 0. The number of carbonyl (C=O) groups excluding carboxylic acids is 1. The van der Waals surface area contributed by atoms with Gasteiger partial charge in [0.15, 0.2) is 0 Å². The number of amides is 1. The van der Waals surface area contributed by atoms with Gasteiger partial charge < -0.3 is 10.2 Å². The monoisotopic (exact) mass is 276 g/mol. The fraction of sp³-hybridized carbons (Fsp3) is 0.667. The molecule has 0 bridgehead atoms. The zero-order valence-corrected chi connectivity index (χ0v) is 12.6. The van der Waals surface area contributed by atoms with Crippen molar-refractivity contribution in [2.24, 2.45) is 0 Å². The van der Waals surface area contributed by atoms with Crippen LogP contribution in [0.5, 0.6) is 0 Å². The second-order valence-electron chi connectivity index (χ2n) is 5.56. The second-order valence-corrected chi connectivity index (χ2v) is 5.56. The summed E-state index contributed by atoms with van der Waals surface area (Å²) in [6, 6.07) is 0.556. The predicted octanol–water partition coefficient (Wildman–Crippen LogP) is 2.70. The van der Waals surface area contributed by atoms with E-state index in [0.29, 0.717) is 11.5 Å². The molecular weight excluding hydrogens is 252 g/mol. The number of nitrogens with zero attached hydrogens (tertiary/aromatic N) is 3. The van der Waals surface area contributed by atoms with Crippen molar-refractivity contribution in [3.63, 3.8) is 0 Å². The van der Waals surface area contributed by atoms with Gasteiger partial charge in [0, 0.05) is 18.6 Å². The molecule has 1 N–H and O–H groups in total. The van der Waals surface area contributed by atoms with Crippen LogP contribution >= 0.6 is 0 Å². The van der Waals surface area contributed by atoms with E-state index in [-0.39, 0.29) is 18.0 Å². The highest BCUT2D eigenvalue weighted by molar-refractivity contribution is 5.92. The number of likely N-dealkylation sites (tertiary alicyclic amines) is 1. The van der Waals surface area contributed by atoms with E-state index < -0.39 is 0 Å². The quantitative estimate of drug-likeness (QED) is 0.918. The third-order valence-corrected chi connectivity index (χ3v) is 3.84. The Morgan fingerprint density at radius 3 is 2.70 bits per heavy atom. The Balaban J connectivity index is 2.15. The maximum absolute atomic E-state index is 12.6. The topological polar surface area (TPSA) is 58.1 Å². The van der Waals surface area contributed by atoms with E-state index in [1.165, 1.54) is 6.42 Å². The van der Waals surface area contributed by atoms with E-state index in [0.717, 1.165) is 25.8 Å². The van der Waals surface area contributed by atoms with Gasteiger partial charge in [-0.2, -0.15) is 0 Å². The molecule has 1 aliphatic heterocycles. The molecule has 0 saturated carbocycles. The molecule has 2 atom stereocenters. The Labute approximate surface area is 120 Å². The summed E-state index contributed by atoms with van der Waals surface area (Å²) in [5, 5.41) is 3.17. The molecule has 110 valence electrons. The number of rotatable bonds is 4. The van der Waals surface area contributed by atoms with Crippen molar-refractivity contribution in [2.45, 2.75) is 58.5 Å². The Morgan fingerprint density at radius 2 is 2.05 bits per heavy atom. The average molecular weight is 276 g/mol. The van der Waals surface area contributed by atoms with Crippen LogP contribution < -0.4 is 5.32 Å². The molecule has 2 rings (SSSR count). The summed E-state index contributed by atoms with van der Waals surface area (Å²) in [5.74, 6) is 0.673. The first-order chi connectivity index (χ1) is 9.63. The minimum Gasteiger partial charge on any atom is -0.369 e. The molecule has 1 saturated heterocycles. The van der Waals surface area contributed by atoms with Gasteiger partial charge in [-0.3, -0.25) is 9.78 Å². The summed E-state index contributed by atoms with van der Waals surface area (Å²) in [4.78, 5) is 23.1. The number of hydrogen-bond acceptors (Lipinski definition) is 4. The number of aromatic nitrogens is 2. The van der Waals surface area contributed by atoms with Crippen LogP contribution in [0.3, 0.4) is 0 Å². The van der Waals surface area contributed by atoms with E-state index in [1.54, 1.807) is 12.4 Å². The Hall–Kier alpha value is -1.65. The van der Waals surface area contributed by atoms with Gasteiger partial charge in [0.05, 0.1) is 12.4 Å². The standard InChI is InChI=1S/C15H24N4O/c1-4-8-17-14-10-16-9-13(18-14)15(20)19-11(2)6-5-7-12(19)3/h9-12H,4-8H2,1-3H3,(H,17,18)/t11-,12+. The first kappa shape index (κ1) is 14.8. The second kappa shape index (κ2) is 6.68. The van der Waals surface area contributed by atoms with Gasteiger partial charge in [-0.05, 0) is 39.5 Å². The summed E-state index contributed by atoms with van der Waals surface area (Å²) in [6.07, 6.45) is 7.56. The lowest BCUT2D eigenvalue weighted by Crippen LogP contribution is -2.47. The highest BCUT2D eigenvalue weighted by Crippen LogP contribution is 2.24. The first-order valence-electron chi connectivity index (χ1n) is 7.52. The Bertz CT molecular complexity index is 453. The van der Waals surface area contributed by atoms with E-state index in [1.807, 2.05) is 4.90 Å². The number of hydrogen-bond donors (Lipinski definition) is 1. The van der Waals surface area contributed by atoms with Crippen LogP contribution in [0.2, 0.25) is 0 Å². The molecule has 0 radical (unpaired) electrons. The molecule has 1 aromatic heterocycles. The normalized spacial score (nSPS) is 22.6. The van der Waals surface area contributed by atoms with Crippen LogP contribution in [0.15, 0.2) is 12.4 Å². The molecule has 5 nitrogen and oxygen atoms in total. The summed E-state index contributed by atoms with van der Waals surface area (Å²) in [5.41, 5.74) is 0.437. The minimum absolute atomic E-state index is 0.00246. The largest absolute Gasteiger partial charge is 0.369 e. The van der Waals surface area contributed by atoms with Crippen molar-refractivity contribution < 1.29 is 4.79 Å². The van der Waals surface area contributed by atoms with E-state index in [9.17, 15) is 4.79 Å². The lowest BCUT2D eigenvalue weighted by molar-refractivity contribution is 0.0504. The fourth-order valence-corrected chi connectivity index (χ4v) is 2.76. The first-order valence-corrected chi connectivity index (χ1v) is 7.52. The lowest BCUT2D eigenvalue weighted by Gasteiger charge is -2.38. The van der Waals surface area contributed by atoms with Crippen LogP contribution in [-0.2, 0) is 0 Å². The number of piperidine rings is 1. The van der Waals surface area contributed by atoms with Gasteiger partial charge in [0.1, 0.15) is 11.5 Å². The summed E-state index contributed by atoms with van der Waals surface area (Å²) in [6.45, 7) is 7.15. The molecule has 0 aromatic carbocycles. The number of carbonyl (C=O) groups is 1. The summed E-state index contributed by atoms with van der Waals surface area (Å²) >= 11 is 0. The molecule has 5 heteroatoms. The Morgan fingerprint density at radius 1 is 1.35 bits per heavy atom. The SMILES string of the molecule is CCCNc1cncc(C(=O)N2[C@H](C)CCC[C@@H]2C)n1. The van der Waals surface area contributed by atoms with E-state index >= 15 is 0 Å². The number of nitrogens with one attached hydrogen (secondary N) is 1. The lowest BCUT2D eigenvalue weighted by atomic mass is 9.97. The maximum Gasteiger partial charge on any atom is 0.274 e. The van der Waals surface area contributed by atoms with Crippen molar-refractivity contribution in [2.75, 3.05) is 11.9 Å². The smallest absolute Gasteiger partial charge is 0.274 e. The molecule has 2 heterocycles. The van der Waals surface area contributed by atoms with Crippen LogP contribution in [0.1, 0.15) is 56.9 Å². The highest BCUT2D eigenvalue weighted by atomic mass is 16.2. The molecule has 0 aliphatic carbocycles. The van der Waals surface area contributed by atoms with Crippen molar-refractivity contribution >= 4 is 11.7 Å². The zero-order chi connectivity index (χ0) is 14.5. The predicted molar refractivity (Wildman–Crippen MR) is 79.8 cm³/mol. The molecule has 0 spiro atoms. The number of anilines is 1. The van der Waals surface area contributed by atoms with Gasteiger partial charge in [0.25, 0.3) is 5.91 Å². The Kier molecular flexibility index (Phi) is 4.93. The maximum atomic E-state index is 12.6. The molecular formula is C15H24N4O.